The summed E-state index contributed by atoms with van der Waals surface area (Å²) in [6, 6.07) is 13.9. The number of rotatable bonds is 6. The summed E-state index contributed by atoms with van der Waals surface area (Å²) in [6.45, 7) is 3.53. The van der Waals surface area contributed by atoms with Crippen LogP contribution in [-0.4, -0.2) is 28.5 Å². The molecule has 0 bridgehead atoms. The smallest absolute Gasteiger partial charge is 0.293 e. The number of carbonyl (C=O) groups excluding carboxylic acids is 1. The lowest BCUT2D eigenvalue weighted by Gasteiger charge is -2.17. The number of amides is 1. The molecule has 1 aliphatic heterocycles. The zero-order chi connectivity index (χ0) is 25.1. The SMILES string of the molecule is CCc1ccc(-n2c(=C(C#N)C(N)=O)sc(=Cc3ccc(N4CCCC4)c([N+](=O)[O-])c3)c2=O)cc1. The number of benzene rings is 2. The summed E-state index contributed by atoms with van der Waals surface area (Å²) in [6.07, 6.45) is 4.32. The number of primary amides is 1. The zero-order valence-corrected chi connectivity index (χ0v) is 19.9. The van der Waals surface area contributed by atoms with Crippen molar-refractivity contribution < 1.29 is 9.72 Å². The summed E-state index contributed by atoms with van der Waals surface area (Å²) >= 11 is 0.945. The molecule has 0 unspecified atom stereocenters. The van der Waals surface area contributed by atoms with E-state index in [4.69, 9.17) is 5.73 Å². The molecule has 35 heavy (non-hydrogen) atoms. The Labute approximate surface area is 204 Å². The molecule has 2 heterocycles. The van der Waals surface area contributed by atoms with E-state index in [1.165, 1.54) is 16.7 Å². The van der Waals surface area contributed by atoms with Crippen molar-refractivity contribution in [2.75, 3.05) is 18.0 Å². The lowest BCUT2D eigenvalue weighted by molar-refractivity contribution is -0.384. The van der Waals surface area contributed by atoms with Gasteiger partial charge in [0.25, 0.3) is 17.2 Å². The number of nitro benzene ring substituents is 1. The number of nitriles is 1. The van der Waals surface area contributed by atoms with Crippen LogP contribution < -0.4 is 25.4 Å². The first-order valence-corrected chi connectivity index (χ1v) is 12.0. The second kappa shape index (κ2) is 9.95. The van der Waals surface area contributed by atoms with E-state index in [2.05, 4.69) is 0 Å². The first-order chi connectivity index (χ1) is 16.8. The summed E-state index contributed by atoms with van der Waals surface area (Å²) < 4.78 is 1.62. The van der Waals surface area contributed by atoms with Crippen LogP contribution in [-0.2, 0) is 11.2 Å². The summed E-state index contributed by atoms with van der Waals surface area (Å²) in [4.78, 5) is 38.7. The van der Waals surface area contributed by atoms with Crippen LogP contribution in [0.1, 0.15) is 30.9 Å². The van der Waals surface area contributed by atoms with Crippen molar-refractivity contribution in [3.05, 3.63) is 83.3 Å². The maximum atomic E-state index is 13.4. The fourth-order valence-corrected chi connectivity index (χ4v) is 5.24. The molecular formula is C25H23N5O4S. The monoisotopic (exact) mass is 489 g/mol. The number of aromatic nitrogens is 1. The predicted octanol–water partition coefficient (Wildman–Crippen LogP) is 1.96. The molecule has 1 aromatic heterocycles. The largest absolute Gasteiger partial charge is 0.366 e. The highest BCUT2D eigenvalue weighted by Crippen LogP contribution is 2.31. The van der Waals surface area contributed by atoms with Gasteiger partial charge < -0.3 is 10.6 Å². The van der Waals surface area contributed by atoms with Gasteiger partial charge in [-0.1, -0.05) is 25.1 Å². The van der Waals surface area contributed by atoms with Crippen LogP contribution >= 0.6 is 11.3 Å². The van der Waals surface area contributed by atoms with Gasteiger partial charge in [-0.3, -0.25) is 24.3 Å². The van der Waals surface area contributed by atoms with Crippen LogP contribution in [0.3, 0.4) is 0 Å². The summed E-state index contributed by atoms with van der Waals surface area (Å²) in [7, 11) is 0. The Kier molecular flexibility index (Phi) is 6.80. The van der Waals surface area contributed by atoms with Crippen molar-refractivity contribution >= 4 is 40.3 Å². The maximum Gasteiger partial charge on any atom is 0.293 e. The van der Waals surface area contributed by atoms with E-state index in [0.717, 1.165) is 49.3 Å². The molecule has 3 aromatic rings. The summed E-state index contributed by atoms with van der Waals surface area (Å²) in [5, 5.41) is 21.3. The van der Waals surface area contributed by atoms with Gasteiger partial charge in [0.2, 0.25) is 0 Å². The minimum Gasteiger partial charge on any atom is -0.366 e. The fraction of sp³-hybridized carbons (Fsp3) is 0.240. The van der Waals surface area contributed by atoms with Crippen LogP contribution in [0.15, 0.2) is 47.3 Å². The third-order valence-corrected chi connectivity index (χ3v) is 7.03. The molecule has 0 aliphatic carbocycles. The van der Waals surface area contributed by atoms with Gasteiger partial charge in [0.15, 0.2) is 5.57 Å². The Hall–Kier alpha value is -4.23. The third kappa shape index (κ3) is 4.72. The van der Waals surface area contributed by atoms with Crippen LogP contribution in [0.5, 0.6) is 0 Å². The fourth-order valence-electron chi connectivity index (χ4n) is 4.13. The van der Waals surface area contributed by atoms with Gasteiger partial charge in [0, 0.05) is 19.2 Å². The number of nitrogens with zero attached hydrogens (tertiary/aromatic N) is 4. The highest BCUT2D eigenvalue weighted by Gasteiger charge is 2.22. The van der Waals surface area contributed by atoms with Gasteiger partial charge in [-0.15, -0.1) is 11.3 Å². The molecule has 9 nitrogen and oxygen atoms in total. The van der Waals surface area contributed by atoms with E-state index in [0.29, 0.717) is 16.9 Å². The van der Waals surface area contributed by atoms with E-state index < -0.39 is 16.4 Å². The molecule has 10 heteroatoms. The van der Waals surface area contributed by atoms with E-state index >= 15 is 0 Å². The van der Waals surface area contributed by atoms with Gasteiger partial charge in [-0.25, -0.2) is 0 Å². The van der Waals surface area contributed by atoms with Gasteiger partial charge in [0.05, 0.1) is 15.1 Å². The van der Waals surface area contributed by atoms with Crippen molar-refractivity contribution in [1.29, 1.82) is 5.26 Å². The standard InChI is InChI=1S/C25H23N5O4S/c1-2-16-5-8-18(9-6-16)29-24(32)22(35-25(29)19(15-26)23(27)31)14-17-7-10-20(21(13-17)30(33)34)28-11-3-4-12-28/h5-10,13-14H,2-4,11-12H2,1H3,(H2,27,31). The molecule has 178 valence electrons. The predicted molar refractivity (Wildman–Crippen MR) is 135 cm³/mol. The molecule has 0 atom stereocenters. The molecule has 1 fully saturated rings. The molecule has 0 saturated carbocycles. The number of aryl methyl sites for hydroxylation is 1. The van der Waals surface area contributed by atoms with Crippen LogP contribution in [0.4, 0.5) is 11.4 Å². The molecule has 0 spiro atoms. The molecule has 2 N–H and O–H groups in total. The van der Waals surface area contributed by atoms with E-state index in [1.54, 1.807) is 30.3 Å². The van der Waals surface area contributed by atoms with E-state index in [-0.39, 0.29) is 20.5 Å². The average Bonchev–Trinajstić information content (AvgIpc) is 3.48. The molecule has 4 rings (SSSR count). The second-order valence-corrected chi connectivity index (χ2v) is 9.16. The minimum atomic E-state index is -0.940. The van der Waals surface area contributed by atoms with Crippen molar-refractivity contribution in [3.63, 3.8) is 0 Å². The van der Waals surface area contributed by atoms with E-state index in [9.17, 15) is 25.0 Å². The number of hydrogen-bond acceptors (Lipinski definition) is 7. The number of anilines is 1. The highest BCUT2D eigenvalue weighted by molar-refractivity contribution is 7.07. The molecule has 2 aromatic carbocycles. The Morgan fingerprint density at radius 3 is 2.49 bits per heavy atom. The first kappa shape index (κ1) is 23.9. The van der Waals surface area contributed by atoms with Crippen LogP contribution in [0.2, 0.25) is 0 Å². The second-order valence-electron chi connectivity index (χ2n) is 8.13. The number of thiazole rings is 1. The maximum absolute atomic E-state index is 13.4. The Morgan fingerprint density at radius 2 is 1.91 bits per heavy atom. The third-order valence-electron chi connectivity index (χ3n) is 5.94. The van der Waals surface area contributed by atoms with Gasteiger partial charge in [-0.05, 0) is 54.7 Å². The summed E-state index contributed by atoms with van der Waals surface area (Å²) in [5.41, 5.74) is 7.18. The molecule has 0 radical (unpaired) electrons. The molecule has 1 aliphatic rings. The highest BCUT2D eigenvalue weighted by atomic mass is 32.1. The number of nitrogens with two attached hydrogens (primary N) is 1. The Balaban J connectivity index is 1.94. The molecule has 1 amide bonds. The topological polar surface area (TPSA) is 135 Å². The minimum absolute atomic E-state index is 0.0330. The van der Waals surface area contributed by atoms with Gasteiger partial charge in [0.1, 0.15) is 16.4 Å². The van der Waals surface area contributed by atoms with E-state index in [1.807, 2.05) is 24.0 Å². The molecular weight excluding hydrogens is 466 g/mol. The normalized spacial score (nSPS) is 14.6. The van der Waals surface area contributed by atoms with Crippen molar-refractivity contribution in [2.24, 2.45) is 5.73 Å². The average molecular weight is 490 g/mol. The van der Waals surface area contributed by atoms with Crippen LogP contribution in [0.25, 0.3) is 17.3 Å². The Bertz CT molecular complexity index is 1520. The molecule has 1 saturated heterocycles. The lowest BCUT2D eigenvalue weighted by atomic mass is 10.1. The van der Waals surface area contributed by atoms with Gasteiger partial charge in [-0.2, -0.15) is 5.26 Å². The first-order valence-electron chi connectivity index (χ1n) is 11.1. The summed E-state index contributed by atoms with van der Waals surface area (Å²) in [5.74, 6) is -0.940. The van der Waals surface area contributed by atoms with Gasteiger partial charge >= 0.3 is 0 Å². The van der Waals surface area contributed by atoms with Crippen LogP contribution in [0, 0.1) is 21.4 Å². The number of carbonyl (C=O) groups is 1. The Morgan fingerprint density at radius 1 is 1.23 bits per heavy atom. The van der Waals surface area contributed by atoms with Crippen molar-refractivity contribution in [2.45, 2.75) is 26.2 Å². The number of hydrogen-bond donors (Lipinski definition) is 1. The number of nitro groups is 1. The quantitative estimate of drug-likeness (QED) is 0.415. The van der Waals surface area contributed by atoms with Crippen molar-refractivity contribution in [3.8, 4) is 11.8 Å². The van der Waals surface area contributed by atoms with Crippen molar-refractivity contribution in [1.82, 2.24) is 4.57 Å². The lowest BCUT2D eigenvalue weighted by Crippen LogP contribution is -2.32. The zero-order valence-electron chi connectivity index (χ0n) is 19.1.